The zero-order chi connectivity index (χ0) is 19.9. The summed E-state index contributed by atoms with van der Waals surface area (Å²) in [6.45, 7) is 6.84. The largest absolute Gasteiger partial charge is 0.311 e. The first-order valence-corrected chi connectivity index (χ1v) is 10.4. The zero-order valence-electron chi connectivity index (χ0n) is 17.0. The number of hydrogen-bond acceptors (Lipinski definition) is 2. The number of halogens is 1. The summed E-state index contributed by atoms with van der Waals surface area (Å²) in [4.78, 5) is 16.8. The Morgan fingerprint density at radius 3 is 2.36 bits per heavy atom. The Morgan fingerprint density at radius 2 is 1.75 bits per heavy atom. The van der Waals surface area contributed by atoms with Crippen LogP contribution in [-0.2, 0) is 11.2 Å². The maximum atomic E-state index is 13.3. The van der Waals surface area contributed by atoms with Crippen LogP contribution in [-0.4, -0.2) is 36.5 Å². The third-order valence-corrected chi connectivity index (χ3v) is 5.83. The van der Waals surface area contributed by atoms with E-state index in [0.717, 1.165) is 31.1 Å². The normalized spacial score (nSPS) is 16.7. The van der Waals surface area contributed by atoms with Gasteiger partial charge in [-0.25, -0.2) is 4.39 Å². The summed E-state index contributed by atoms with van der Waals surface area (Å²) in [6.07, 6.45) is 3.98. The van der Waals surface area contributed by atoms with Crippen molar-refractivity contribution in [3.8, 4) is 0 Å². The quantitative estimate of drug-likeness (QED) is 0.679. The minimum atomic E-state index is -0.277. The minimum Gasteiger partial charge on any atom is -0.311 e. The SMILES string of the molecule is CCC(=O)N(CC(C)N1CCC(Cc2ccccc2)CC1)c1ccc(F)cc1. The fraction of sp³-hybridized carbons (Fsp3) is 0.458. The Morgan fingerprint density at radius 1 is 1.11 bits per heavy atom. The molecular formula is C24H31FN2O. The number of amides is 1. The van der Waals surface area contributed by atoms with Crippen molar-refractivity contribution in [2.24, 2.45) is 5.92 Å². The molecule has 28 heavy (non-hydrogen) atoms. The average Bonchev–Trinajstić information content (AvgIpc) is 2.73. The van der Waals surface area contributed by atoms with Crippen molar-refractivity contribution in [1.82, 2.24) is 4.90 Å². The van der Waals surface area contributed by atoms with Crippen molar-refractivity contribution in [2.75, 3.05) is 24.5 Å². The van der Waals surface area contributed by atoms with Crippen LogP contribution in [0.1, 0.15) is 38.7 Å². The second-order valence-corrected chi connectivity index (χ2v) is 7.85. The Bertz CT molecular complexity index is 739. The lowest BCUT2D eigenvalue weighted by molar-refractivity contribution is -0.118. The van der Waals surface area contributed by atoms with E-state index < -0.39 is 0 Å². The van der Waals surface area contributed by atoms with E-state index in [1.165, 1.54) is 30.5 Å². The van der Waals surface area contributed by atoms with Gasteiger partial charge in [-0.2, -0.15) is 0 Å². The molecule has 2 aromatic carbocycles. The van der Waals surface area contributed by atoms with E-state index in [1.54, 1.807) is 17.0 Å². The van der Waals surface area contributed by atoms with E-state index in [-0.39, 0.29) is 17.8 Å². The number of anilines is 1. The van der Waals surface area contributed by atoms with Gasteiger partial charge in [-0.15, -0.1) is 0 Å². The highest BCUT2D eigenvalue weighted by Gasteiger charge is 2.25. The fourth-order valence-electron chi connectivity index (χ4n) is 4.09. The van der Waals surface area contributed by atoms with Gasteiger partial charge in [0.1, 0.15) is 5.82 Å². The molecule has 1 unspecified atom stereocenters. The van der Waals surface area contributed by atoms with E-state index in [4.69, 9.17) is 0 Å². The van der Waals surface area contributed by atoms with Crippen molar-refractivity contribution in [3.63, 3.8) is 0 Å². The number of rotatable bonds is 7. The molecule has 3 rings (SSSR count). The first-order valence-electron chi connectivity index (χ1n) is 10.4. The van der Waals surface area contributed by atoms with Gasteiger partial charge in [-0.3, -0.25) is 9.69 Å². The van der Waals surface area contributed by atoms with Gasteiger partial charge in [0.15, 0.2) is 0 Å². The van der Waals surface area contributed by atoms with Gasteiger partial charge < -0.3 is 4.90 Å². The summed E-state index contributed by atoms with van der Waals surface area (Å²) in [5.41, 5.74) is 2.20. The molecule has 0 aliphatic carbocycles. The minimum absolute atomic E-state index is 0.0809. The molecule has 0 spiro atoms. The van der Waals surface area contributed by atoms with Crippen LogP contribution in [0.4, 0.5) is 10.1 Å². The highest BCUT2D eigenvalue weighted by molar-refractivity contribution is 5.93. The summed E-state index contributed by atoms with van der Waals surface area (Å²) >= 11 is 0. The van der Waals surface area contributed by atoms with Crippen LogP contribution in [0.15, 0.2) is 54.6 Å². The molecule has 1 fully saturated rings. The van der Waals surface area contributed by atoms with Crippen molar-refractivity contribution >= 4 is 11.6 Å². The Balaban J connectivity index is 1.56. The molecule has 3 nitrogen and oxygen atoms in total. The van der Waals surface area contributed by atoms with Crippen LogP contribution in [0.2, 0.25) is 0 Å². The van der Waals surface area contributed by atoms with Crippen LogP contribution < -0.4 is 4.90 Å². The molecule has 2 aromatic rings. The summed E-state index contributed by atoms with van der Waals surface area (Å²) in [6, 6.07) is 17.2. The van der Waals surface area contributed by atoms with Crippen LogP contribution in [0, 0.1) is 11.7 Å². The molecule has 0 saturated carbocycles. The van der Waals surface area contributed by atoms with E-state index in [0.29, 0.717) is 13.0 Å². The molecule has 150 valence electrons. The van der Waals surface area contributed by atoms with E-state index in [1.807, 2.05) is 6.92 Å². The smallest absolute Gasteiger partial charge is 0.226 e. The summed E-state index contributed by atoms with van der Waals surface area (Å²) < 4.78 is 13.3. The molecule has 0 radical (unpaired) electrons. The van der Waals surface area contributed by atoms with Crippen molar-refractivity contribution in [3.05, 3.63) is 66.0 Å². The lowest BCUT2D eigenvalue weighted by Crippen LogP contribution is -2.47. The Kier molecular flexibility index (Phi) is 7.21. The molecule has 1 aliphatic rings. The van der Waals surface area contributed by atoms with Crippen LogP contribution in [0.5, 0.6) is 0 Å². The number of piperidine rings is 1. The number of hydrogen-bond donors (Lipinski definition) is 0. The molecule has 1 heterocycles. The number of carbonyl (C=O) groups is 1. The van der Waals surface area contributed by atoms with E-state index in [9.17, 15) is 9.18 Å². The average molecular weight is 383 g/mol. The predicted octanol–water partition coefficient (Wildman–Crippen LogP) is 4.91. The Hall–Kier alpha value is -2.20. The van der Waals surface area contributed by atoms with Crippen LogP contribution in [0.25, 0.3) is 0 Å². The molecule has 0 bridgehead atoms. The summed E-state index contributed by atoms with van der Waals surface area (Å²) in [5.74, 6) is 0.537. The monoisotopic (exact) mass is 382 g/mol. The molecule has 1 amide bonds. The van der Waals surface area contributed by atoms with Gasteiger partial charge in [0, 0.05) is 24.7 Å². The number of likely N-dealkylation sites (tertiary alicyclic amines) is 1. The molecule has 4 heteroatoms. The van der Waals surface area contributed by atoms with Crippen molar-refractivity contribution in [1.29, 1.82) is 0 Å². The molecule has 0 aromatic heterocycles. The molecule has 1 aliphatic heterocycles. The van der Waals surface area contributed by atoms with Gasteiger partial charge in [0.2, 0.25) is 5.91 Å². The predicted molar refractivity (Wildman–Crippen MR) is 113 cm³/mol. The third kappa shape index (κ3) is 5.41. The summed E-state index contributed by atoms with van der Waals surface area (Å²) in [7, 11) is 0. The van der Waals surface area contributed by atoms with E-state index in [2.05, 4.69) is 42.2 Å². The third-order valence-electron chi connectivity index (χ3n) is 5.83. The van der Waals surface area contributed by atoms with Crippen LogP contribution >= 0.6 is 0 Å². The second-order valence-electron chi connectivity index (χ2n) is 7.85. The van der Waals surface area contributed by atoms with Gasteiger partial charge in [-0.1, -0.05) is 37.3 Å². The maximum absolute atomic E-state index is 13.3. The lowest BCUT2D eigenvalue weighted by atomic mass is 9.89. The van der Waals surface area contributed by atoms with Gasteiger partial charge in [0.25, 0.3) is 0 Å². The van der Waals surface area contributed by atoms with Crippen molar-refractivity contribution in [2.45, 2.75) is 45.6 Å². The highest BCUT2D eigenvalue weighted by atomic mass is 19.1. The number of carbonyl (C=O) groups excluding carboxylic acids is 1. The first-order chi connectivity index (χ1) is 13.6. The standard InChI is InChI=1S/C24H31FN2O/c1-3-24(28)27(23-11-9-22(25)10-12-23)18-19(2)26-15-13-21(14-16-26)17-20-7-5-4-6-8-20/h4-12,19,21H,3,13-18H2,1-2H3. The fourth-order valence-corrected chi connectivity index (χ4v) is 4.09. The zero-order valence-corrected chi connectivity index (χ0v) is 17.0. The van der Waals surface area contributed by atoms with Gasteiger partial charge in [0.05, 0.1) is 0 Å². The highest BCUT2D eigenvalue weighted by Crippen LogP contribution is 2.24. The van der Waals surface area contributed by atoms with Crippen molar-refractivity contribution < 1.29 is 9.18 Å². The number of nitrogens with zero attached hydrogens (tertiary/aromatic N) is 2. The molecule has 1 saturated heterocycles. The summed E-state index contributed by atoms with van der Waals surface area (Å²) in [5, 5.41) is 0. The molecule has 1 atom stereocenters. The molecular weight excluding hydrogens is 351 g/mol. The van der Waals surface area contributed by atoms with Gasteiger partial charge >= 0.3 is 0 Å². The molecule has 0 N–H and O–H groups in total. The van der Waals surface area contributed by atoms with Crippen LogP contribution in [0.3, 0.4) is 0 Å². The van der Waals surface area contributed by atoms with E-state index >= 15 is 0 Å². The second kappa shape index (κ2) is 9.83. The topological polar surface area (TPSA) is 23.6 Å². The number of benzene rings is 2. The first kappa shape index (κ1) is 20.5. The maximum Gasteiger partial charge on any atom is 0.226 e. The lowest BCUT2D eigenvalue weighted by Gasteiger charge is -2.38. The Labute approximate surface area is 168 Å². The van der Waals surface area contributed by atoms with Gasteiger partial charge in [-0.05, 0) is 75.0 Å².